The average Bonchev–Trinajstić information content (AvgIpc) is 3.21. The van der Waals surface area contributed by atoms with Gasteiger partial charge in [0, 0.05) is 22.4 Å². The second kappa shape index (κ2) is 8.04. The molecule has 0 aliphatic heterocycles. The number of methoxy groups -OCH3 is 4. The molecule has 148 valence electrons. The van der Waals surface area contributed by atoms with E-state index >= 15 is 0 Å². The summed E-state index contributed by atoms with van der Waals surface area (Å²) in [5.74, 6) is 2.54. The van der Waals surface area contributed by atoms with Crippen LogP contribution in [0.25, 0.3) is 22.4 Å². The van der Waals surface area contributed by atoms with Crippen LogP contribution >= 0.6 is 35.3 Å². The van der Waals surface area contributed by atoms with Gasteiger partial charge in [-0.05, 0) is 35.4 Å². The van der Waals surface area contributed by atoms with Gasteiger partial charge in [-0.1, -0.05) is 0 Å². The molecule has 3 aromatic rings. The van der Waals surface area contributed by atoms with Gasteiger partial charge in [0.05, 0.1) is 34.1 Å². The molecule has 0 saturated carbocycles. The third kappa shape index (κ3) is 3.14. The molecule has 0 spiro atoms. The Morgan fingerprint density at radius 2 is 1.57 bits per heavy atom. The molecule has 0 fully saturated rings. The highest BCUT2D eigenvalue weighted by atomic mass is 127. The number of halogens is 1. The van der Waals surface area contributed by atoms with Gasteiger partial charge >= 0.3 is 0 Å². The Bertz CT molecular complexity index is 1010. The number of anilines is 1. The van der Waals surface area contributed by atoms with Gasteiger partial charge < -0.3 is 24.7 Å². The van der Waals surface area contributed by atoms with E-state index in [4.69, 9.17) is 24.7 Å². The van der Waals surface area contributed by atoms with Gasteiger partial charge in [-0.15, -0.1) is 35.3 Å². The summed E-state index contributed by atoms with van der Waals surface area (Å²) in [6.07, 6.45) is 0.767. The number of thiazole rings is 1. The van der Waals surface area contributed by atoms with Crippen LogP contribution < -0.4 is 24.7 Å². The number of ether oxygens (including phenoxy) is 4. The van der Waals surface area contributed by atoms with Crippen LogP contribution in [0.1, 0.15) is 10.4 Å². The quantitative estimate of drug-likeness (QED) is 0.394. The Morgan fingerprint density at radius 1 is 0.929 bits per heavy atom. The van der Waals surface area contributed by atoms with Crippen molar-refractivity contribution >= 4 is 40.4 Å². The van der Waals surface area contributed by atoms with Gasteiger partial charge in [0.25, 0.3) is 0 Å². The van der Waals surface area contributed by atoms with Crippen LogP contribution in [0.15, 0.2) is 24.3 Å². The zero-order valence-corrected chi connectivity index (χ0v) is 19.1. The Morgan fingerprint density at radius 3 is 2.14 bits per heavy atom. The fraction of sp³-hybridized carbons (Fsp3) is 0.250. The van der Waals surface area contributed by atoms with E-state index < -0.39 is 0 Å². The summed E-state index contributed by atoms with van der Waals surface area (Å²) in [7, 11) is 6.48. The first-order valence-corrected chi connectivity index (χ1v) is 9.18. The summed E-state index contributed by atoms with van der Waals surface area (Å²) in [5.41, 5.74) is 11.0. The molecule has 2 N–H and O–H groups in total. The standard InChI is InChI=1S/C20H20N2O4S.HI/c1-23-13-6-5-11-12(9-16-18(11)22-20(21)27-16)17(13)10-7-14(24-2)19(26-4)15(8-10)25-3;/h5-8H,9H2,1-4H3,(H2,21,22);1H. The van der Waals surface area contributed by atoms with E-state index in [1.54, 1.807) is 28.4 Å². The van der Waals surface area contributed by atoms with Gasteiger partial charge in [-0.2, -0.15) is 0 Å². The van der Waals surface area contributed by atoms with Crippen LogP contribution in [-0.2, 0) is 6.42 Å². The number of aromatic nitrogens is 1. The lowest BCUT2D eigenvalue weighted by atomic mass is 9.94. The van der Waals surface area contributed by atoms with Gasteiger partial charge in [-0.3, -0.25) is 0 Å². The molecule has 0 saturated heterocycles. The summed E-state index contributed by atoms with van der Waals surface area (Å²) in [5, 5.41) is 0.593. The van der Waals surface area contributed by atoms with Crippen molar-refractivity contribution in [3.63, 3.8) is 0 Å². The van der Waals surface area contributed by atoms with E-state index in [0.717, 1.165) is 40.1 Å². The van der Waals surface area contributed by atoms with Crippen molar-refractivity contribution in [2.75, 3.05) is 34.2 Å². The fourth-order valence-electron chi connectivity index (χ4n) is 3.60. The zero-order chi connectivity index (χ0) is 19.1. The number of hydrogen-bond donors (Lipinski definition) is 1. The summed E-state index contributed by atoms with van der Waals surface area (Å²) in [6.45, 7) is 0. The van der Waals surface area contributed by atoms with Crippen molar-refractivity contribution in [3.8, 4) is 45.4 Å². The topological polar surface area (TPSA) is 75.8 Å². The normalized spacial score (nSPS) is 11.3. The predicted molar refractivity (Wildman–Crippen MR) is 122 cm³/mol. The largest absolute Gasteiger partial charge is 0.496 e. The number of nitrogen functional groups attached to an aromatic ring is 1. The molecule has 0 radical (unpaired) electrons. The van der Waals surface area contributed by atoms with E-state index in [1.165, 1.54) is 16.2 Å². The highest BCUT2D eigenvalue weighted by Crippen LogP contribution is 2.50. The molecule has 0 amide bonds. The third-order valence-corrected chi connectivity index (χ3v) is 5.64. The highest BCUT2D eigenvalue weighted by molar-refractivity contribution is 14.0. The second-order valence-corrected chi connectivity index (χ2v) is 7.20. The maximum absolute atomic E-state index is 5.89. The molecule has 28 heavy (non-hydrogen) atoms. The SMILES string of the molecule is COc1cc(-c2c(OC)ccc3c2Cc2sc(N)nc2-3)cc(OC)c1OC.I. The van der Waals surface area contributed by atoms with E-state index in [0.29, 0.717) is 22.4 Å². The predicted octanol–water partition coefficient (Wildman–Crippen LogP) is 4.62. The van der Waals surface area contributed by atoms with E-state index in [-0.39, 0.29) is 24.0 Å². The molecule has 4 rings (SSSR count). The van der Waals surface area contributed by atoms with Crippen LogP contribution in [0.3, 0.4) is 0 Å². The maximum atomic E-state index is 5.89. The number of nitrogens with two attached hydrogens (primary N) is 1. The molecule has 1 heterocycles. The molecule has 1 aromatic heterocycles. The van der Waals surface area contributed by atoms with Gasteiger partial charge in [-0.25, -0.2) is 4.98 Å². The van der Waals surface area contributed by atoms with Crippen LogP contribution in [0.5, 0.6) is 23.0 Å². The molecule has 0 unspecified atom stereocenters. The second-order valence-electron chi connectivity index (χ2n) is 6.08. The van der Waals surface area contributed by atoms with Crippen molar-refractivity contribution in [2.45, 2.75) is 6.42 Å². The molecule has 1 aliphatic rings. The van der Waals surface area contributed by atoms with Crippen molar-refractivity contribution in [2.24, 2.45) is 0 Å². The lowest BCUT2D eigenvalue weighted by Crippen LogP contribution is -1.98. The number of nitrogens with zero attached hydrogens (tertiary/aromatic N) is 1. The van der Waals surface area contributed by atoms with Crippen molar-refractivity contribution < 1.29 is 18.9 Å². The van der Waals surface area contributed by atoms with Crippen molar-refractivity contribution in [1.29, 1.82) is 0 Å². The number of benzene rings is 2. The molecule has 0 bridgehead atoms. The summed E-state index contributed by atoms with van der Waals surface area (Å²) in [6, 6.07) is 7.88. The molecule has 1 aliphatic carbocycles. The maximum Gasteiger partial charge on any atom is 0.203 e. The van der Waals surface area contributed by atoms with E-state index in [1.807, 2.05) is 24.3 Å². The molecule has 0 atom stereocenters. The van der Waals surface area contributed by atoms with Crippen LogP contribution in [0, 0.1) is 0 Å². The van der Waals surface area contributed by atoms with Crippen LogP contribution in [-0.4, -0.2) is 33.4 Å². The van der Waals surface area contributed by atoms with Gasteiger partial charge in [0.2, 0.25) is 5.75 Å². The number of rotatable bonds is 5. The zero-order valence-electron chi connectivity index (χ0n) is 16.0. The lowest BCUT2D eigenvalue weighted by molar-refractivity contribution is 0.324. The minimum Gasteiger partial charge on any atom is -0.496 e. The van der Waals surface area contributed by atoms with Crippen molar-refractivity contribution in [1.82, 2.24) is 4.98 Å². The Balaban J connectivity index is 0.00000225. The van der Waals surface area contributed by atoms with E-state index in [2.05, 4.69) is 4.98 Å². The molecule has 2 aromatic carbocycles. The molecular weight excluding hydrogens is 491 g/mol. The Kier molecular flexibility index (Phi) is 5.90. The van der Waals surface area contributed by atoms with Gasteiger partial charge in [0.1, 0.15) is 5.75 Å². The summed E-state index contributed by atoms with van der Waals surface area (Å²) >= 11 is 1.53. The summed E-state index contributed by atoms with van der Waals surface area (Å²) in [4.78, 5) is 5.67. The molecule has 6 nitrogen and oxygen atoms in total. The van der Waals surface area contributed by atoms with Crippen LogP contribution in [0.2, 0.25) is 0 Å². The van der Waals surface area contributed by atoms with Gasteiger partial charge in [0.15, 0.2) is 16.6 Å². The monoisotopic (exact) mass is 512 g/mol. The smallest absolute Gasteiger partial charge is 0.203 e. The minimum absolute atomic E-state index is 0. The molecular formula is C20H21IN2O4S. The van der Waals surface area contributed by atoms with E-state index in [9.17, 15) is 0 Å². The Hall–Kier alpha value is -2.20. The van der Waals surface area contributed by atoms with Crippen LogP contribution in [0.4, 0.5) is 5.13 Å². The average molecular weight is 512 g/mol. The lowest BCUT2D eigenvalue weighted by Gasteiger charge is -2.18. The molecule has 8 heteroatoms. The van der Waals surface area contributed by atoms with Crippen molar-refractivity contribution in [3.05, 3.63) is 34.7 Å². The summed E-state index contributed by atoms with van der Waals surface area (Å²) < 4.78 is 22.2. The first-order valence-electron chi connectivity index (χ1n) is 8.37. The first-order chi connectivity index (χ1) is 13.1. The fourth-order valence-corrected chi connectivity index (χ4v) is 4.46. The Labute approximate surface area is 184 Å². The third-order valence-electron chi connectivity index (χ3n) is 4.75. The minimum atomic E-state index is 0. The number of hydrogen-bond acceptors (Lipinski definition) is 7. The first kappa shape index (κ1) is 20.5. The number of fused-ring (bicyclic) bond motifs is 3. The highest BCUT2D eigenvalue weighted by Gasteiger charge is 2.28.